The van der Waals surface area contributed by atoms with Gasteiger partial charge in [0.15, 0.2) is 6.29 Å². The maximum atomic E-state index is 10.4. The summed E-state index contributed by atoms with van der Waals surface area (Å²) in [4.78, 5) is 0. The third kappa shape index (κ3) is 4.33. The highest BCUT2D eigenvalue weighted by Gasteiger charge is 2.49. The van der Waals surface area contributed by atoms with Crippen molar-refractivity contribution in [2.45, 2.75) is 82.7 Å². The zero-order valence-corrected chi connectivity index (χ0v) is 15.6. The number of hydrogen-bond donors (Lipinski definition) is 5. The summed E-state index contributed by atoms with van der Waals surface area (Å²) in [6.45, 7) is 9.40. The molecule has 1 aromatic rings. The van der Waals surface area contributed by atoms with E-state index in [1.54, 1.807) is 0 Å². The van der Waals surface area contributed by atoms with Crippen LogP contribution in [0.5, 0.6) is 0 Å². The molecule has 142 valence electrons. The van der Waals surface area contributed by atoms with Crippen LogP contribution in [0.3, 0.4) is 0 Å². The van der Waals surface area contributed by atoms with E-state index in [0.717, 1.165) is 6.42 Å². The number of aliphatic hydroxyl groups is 4. The van der Waals surface area contributed by atoms with Crippen molar-refractivity contribution in [3.63, 3.8) is 0 Å². The van der Waals surface area contributed by atoms with E-state index < -0.39 is 36.2 Å². The molecule has 1 aromatic carbocycles. The van der Waals surface area contributed by atoms with Gasteiger partial charge < -0.3 is 30.5 Å². The van der Waals surface area contributed by atoms with Gasteiger partial charge in [-0.25, -0.2) is 0 Å². The molecule has 1 aliphatic heterocycles. The average Bonchev–Trinajstić information content (AvgIpc) is 2.54. The first-order valence-corrected chi connectivity index (χ1v) is 8.76. The van der Waals surface area contributed by atoms with Crippen molar-refractivity contribution in [2.75, 3.05) is 5.32 Å². The van der Waals surface area contributed by atoms with E-state index in [-0.39, 0.29) is 5.41 Å². The van der Waals surface area contributed by atoms with E-state index in [0.29, 0.717) is 5.69 Å². The number of rotatable bonds is 5. The fourth-order valence-corrected chi connectivity index (χ4v) is 3.03. The van der Waals surface area contributed by atoms with Gasteiger partial charge >= 0.3 is 0 Å². The third-order valence-electron chi connectivity index (χ3n) is 5.20. The smallest absolute Gasteiger partial charge is 0.178 e. The van der Waals surface area contributed by atoms with Crippen molar-refractivity contribution in [1.82, 2.24) is 0 Å². The molecule has 2 rings (SSSR count). The van der Waals surface area contributed by atoms with Crippen molar-refractivity contribution >= 4 is 5.69 Å². The van der Waals surface area contributed by atoms with E-state index in [1.165, 1.54) is 19.4 Å². The summed E-state index contributed by atoms with van der Waals surface area (Å²) in [5.41, 5.74) is 0.585. The van der Waals surface area contributed by atoms with Gasteiger partial charge in [0.25, 0.3) is 0 Å². The Morgan fingerprint density at radius 1 is 1.00 bits per heavy atom. The van der Waals surface area contributed by atoms with E-state index in [9.17, 15) is 20.4 Å². The number of nitrogens with one attached hydrogen (secondary N) is 1. The molecule has 0 radical (unpaired) electrons. The van der Waals surface area contributed by atoms with Crippen molar-refractivity contribution in [3.05, 3.63) is 29.8 Å². The minimum atomic E-state index is -1.39. The predicted molar refractivity (Wildman–Crippen MR) is 96.4 cm³/mol. The van der Waals surface area contributed by atoms with E-state index >= 15 is 0 Å². The Balaban J connectivity index is 2.12. The van der Waals surface area contributed by atoms with Gasteiger partial charge in [0.2, 0.25) is 0 Å². The van der Waals surface area contributed by atoms with Crippen LogP contribution in [0.2, 0.25) is 0 Å². The number of ether oxygens (including phenoxy) is 1. The molecule has 1 fully saturated rings. The number of anilines is 1. The van der Waals surface area contributed by atoms with Gasteiger partial charge in [-0.15, -0.1) is 0 Å². The monoisotopic (exact) mass is 353 g/mol. The number of aliphatic hydroxyl groups excluding tert-OH is 3. The topological polar surface area (TPSA) is 102 Å². The highest BCUT2D eigenvalue weighted by molar-refractivity contribution is 5.47. The minimum Gasteiger partial charge on any atom is -0.388 e. The van der Waals surface area contributed by atoms with Gasteiger partial charge in [0.1, 0.15) is 24.4 Å². The van der Waals surface area contributed by atoms with E-state index in [1.807, 2.05) is 24.3 Å². The first-order chi connectivity index (χ1) is 11.5. The Kier molecular flexibility index (Phi) is 5.81. The Morgan fingerprint density at radius 3 is 2.04 bits per heavy atom. The standard InChI is InChI=1S/C19H31NO5/c1-6-18(2,3)11-7-9-12(10-8-11)20-13-14(21)15(22)16(19(4,5)24)25-17(13)23/h7-10,13-17,20-24H,6H2,1-5H3/t13-,14-,15+,16+,17?/m1/s1. The maximum Gasteiger partial charge on any atom is 0.178 e. The molecule has 0 spiro atoms. The molecule has 25 heavy (non-hydrogen) atoms. The second-order valence-electron chi connectivity index (χ2n) is 8.07. The van der Waals surface area contributed by atoms with Crippen molar-refractivity contribution < 1.29 is 25.2 Å². The summed E-state index contributed by atoms with van der Waals surface area (Å²) in [6.07, 6.45) is -4.03. The minimum absolute atomic E-state index is 0.0711. The van der Waals surface area contributed by atoms with E-state index in [4.69, 9.17) is 4.74 Å². The van der Waals surface area contributed by atoms with Gasteiger partial charge in [0, 0.05) is 5.69 Å². The normalized spacial score (nSPS) is 31.0. The predicted octanol–water partition coefficient (Wildman–Crippen LogP) is 1.36. The van der Waals surface area contributed by atoms with Crippen LogP contribution < -0.4 is 5.32 Å². The first kappa shape index (κ1) is 20.1. The molecular weight excluding hydrogens is 322 g/mol. The third-order valence-corrected chi connectivity index (χ3v) is 5.20. The summed E-state index contributed by atoms with van der Waals surface area (Å²) in [5, 5.41) is 43.8. The molecule has 6 heteroatoms. The highest BCUT2D eigenvalue weighted by Crippen LogP contribution is 2.30. The molecule has 1 aliphatic rings. The van der Waals surface area contributed by atoms with Gasteiger partial charge in [0.05, 0.1) is 5.60 Å². The van der Waals surface area contributed by atoms with E-state index in [2.05, 4.69) is 26.1 Å². The molecular formula is C19H31NO5. The van der Waals surface area contributed by atoms with Crippen LogP contribution in [0.25, 0.3) is 0 Å². The fourth-order valence-electron chi connectivity index (χ4n) is 3.03. The quantitative estimate of drug-likeness (QED) is 0.548. The zero-order chi connectivity index (χ0) is 19.0. The molecule has 6 nitrogen and oxygen atoms in total. The maximum absolute atomic E-state index is 10.4. The molecule has 5 atom stereocenters. The van der Waals surface area contributed by atoms with Gasteiger partial charge in [-0.05, 0) is 43.4 Å². The molecule has 5 N–H and O–H groups in total. The Hall–Kier alpha value is -1.18. The average molecular weight is 353 g/mol. The summed E-state index contributed by atoms with van der Waals surface area (Å²) in [5.74, 6) is 0. The Morgan fingerprint density at radius 2 is 1.56 bits per heavy atom. The molecule has 1 unspecified atom stereocenters. The highest BCUT2D eigenvalue weighted by atomic mass is 16.6. The molecule has 0 saturated carbocycles. The lowest BCUT2D eigenvalue weighted by atomic mass is 9.82. The number of hydrogen-bond acceptors (Lipinski definition) is 6. The fraction of sp³-hybridized carbons (Fsp3) is 0.684. The molecule has 0 aliphatic carbocycles. The van der Waals surface area contributed by atoms with Crippen molar-refractivity contribution in [2.24, 2.45) is 0 Å². The van der Waals surface area contributed by atoms with Crippen LogP contribution in [0.4, 0.5) is 5.69 Å². The SMILES string of the molecule is CCC(C)(C)c1ccc(N[C@H]2C(O)O[C@H](C(C)(C)O)[C@@H](O)[C@@H]2O)cc1. The molecule has 0 bridgehead atoms. The van der Waals surface area contributed by atoms with Gasteiger partial charge in [-0.2, -0.15) is 0 Å². The first-order valence-electron chi connectivity index (χ1n) is 8.76. The lowest BCUT2D eigenvalue weighted by Gasteiger charge is -2.45. The lowest BCUT2D eigenvalue weighted by molar-refractivity contribution is -0.274. The summed E-state index contributed by atoms with van der Waals surface area (Å²) < 4.78 is 5.35. The van der Waals surface area contributed by atoms with Crippen molar-refractivity contribution in [1.29, 1.82) is 0 Å². The summed E-state index contributed by atoms with van der Waals surface area (Å²) in [7, 11) is 0. The second kappa shape index (κ2) is 7.21. The van der Waals surface area contributed by atoms with Crippen molar-refractivity contribution in [3.8, 4) is 0 Å². The molecule has 1 saturated heterocycles. The summed E-state index contributed by atoms with van der Waals surface area (Å²) >= 11 is 0. The van der Waals surface area contributed by atoms with Crippen LogP contribution in [-0.2, 0) is 10.2 Å². The zero-order valence-electron chi connectivity index (χ0n) is 15.6. The Labute approximate surface area is 149 Å². The molecule has 0 aromatic heterocycles. The van der Waals surface area contributed by atoms with Gasteiger partial charge in [-0.1, -0.05) is 32.9 Å². The largest absolute Gasteiger partial charge is 0.388 e. The Bertz CT molecular complexity index is 566. The molecule has 0 amide bonds. The van der Waals surface area contributed by atoms with Crippen LogP contribution in [0.15, 0.2) is 24.3 Å². The van der Waals surface area contributed by atoms with Crippen LogP contribution in [0.1, 0.15) is 46.6 Å². The number of benzene rings is 1. The van der Waals surface area contributed by atoms with Gasteiger partial charge in [-0.3, -0.25) is 0 Å². The second-order valence-corrected chi connectivity index (χ2v) is 8.07. The summed E-state index contributed by atoms with van der Waals surface area (Å²) in [6, 6.07) is 6.86. The van der Waals surface area contributed by atoms with Crippen LogP contribution in [-0.4, -0.2) is 56.7 Å². The lowest BCUT2D eigenvalue weighted by Crippen LogP contribution is -2.64. The van der Waals surface area contributed by atoms with Crippen LogP contribution in [0, 0.1) is 0 Å². The molecule has 1 heterocycles. The van der Waals surface area contributed by atoms with Crippen LogP contribution >= 0.6 is 0 Å².